The van der Waals surface area contributed by atoms with Gasteiger partial charge in [-0.2, -0.15) is 0 Å². The SMILES string of the molecule is O=C(c1cccc(C(=O)N(SS)c2ccccc2)c1)N(SS)c1ccccc1. The number of anilines is 2. The Balaban J connectivity index is 1.89. The topological polar surface area (TPSA) is 40.6 Å². The maximum atomic E-state index is 13.0. The molecule has 3 aromatic rings. The van der Waals surface area contributed by atoms with Crippen LogP contribution in [0, 0.1) is 0 Å². The summed E-state index contributed by atoms with van der Waals surface area (Å²) >= 11 is 8.42. The van der Waals surface area contributed by atoms with Gasteiger partial charge in [0.15, 0.2) is 0 Å². The Labute approximate surface area is 182 Å². The summed E-state index contributed by atoms with van der Waals surface area (Å²) in [6, 6.07) is 25.1. The summed E-state index contributed by atoms with van der Waals surface area (Å²) in [7, 11) is 2.03. The lowest BCUT2D eigenvalue weighted by Crippen LogP contribution is -2.25. The Bertz CT molecular complexity index is 880. The van der Waals surface area contributed by atoms with Crippen molar-refractivity contribution in [2.45, 2.75) is 0 Å². The highest BCUT2D eigenvalue weighted by Crippen LogP contribution is 2.29. The van der Waals surface area contributed by atoms with E-state index in [0.717, 1.165) is 22.0 Å². The average Bonchev–Trinajstić information content (AvgIpc) is 2.76. The van der Waals surface area contributed by atoms with Gasteiger partial charge in [-0.05, 0) is 42.5 Å². The number of benzene rings is 3. The summed E-state index contributed by atoms with van der Waals surface area (Å²) in [5.41, 5.74) is 2.21. The predicted molar refractivity (Wildman–Crippen MR) is 126 cm³/mol. The standard InChI is InChI=1S/C20H16N2O2S4/c23-19(21(27-25)17-10-3-1-4-11-17)15-8-7-9-16(14-15)20(24)22(28-26)18-12-5-2-6-13-18/h1-14,25-26H. The number of thiol groups is 2. The van der Waals surface area contributed by atoms with E-state index in [0.29, 0.717) is 22.5 Å². The lowest BCUT2D eigenvalue weighted by atomic mass is 10.1. The predicted octanol–water partition coefficient (Wildman–Crippen LogP) is 5.97. The first kappa shape index (κ1) is 20.7. The van der Waals surface area contributed by atoms with Crippen molar-refractivity contribution in [2.75, 3.05) is 8.61 Å². The highest BCUT2D eigenvalue weighted by atomic mass is 33.1. The Morgan fingerprint density at radius 3 is 1.36 bits per heavy atom. The number of hydrogen-bond acceptors (Lipinski definition) is 6. The molecule has 0 unspecified atom stereocenters. The van der Waals surface area contributed by atoms with Gasteiger partial charge < -0.3 is 0 Å². The maximum Gasteiger partial charge on any atom is 0.269 e. The van der Waals surface area contributed by atoms with Gasteiger partial charge in [0.05, 0.1) is 11.4 Å². The van der Waals surface area contributed by atoms with Crippen molar-refractivity contribution in [3.05, 3.63) is 96.1 Å². The summed E-state index contributed by atoms with van der Waals surface area (Å²) in [5.74, 6) is -0.517. The van der Waals surface area contributed by atoms with E-state index in [1.807, 2.05) is 60.7 Å². The smallest absolute Gasteiger partial charge is 0.268 e. The van der Waals surface area contributed by atoms with E-state index < -0.39 is 0 Å². The monoisotopic (exact) mass is 444 g/mol. The van der Waals surface area contributed by atoms with Crippen LogP contribution in [-0.4, -0.2) is 11.8 Å². The second-order valence-electron chi connectivity index (χ2n) is 5.61. The molecule has 0 fully saturated rings. The Kier molecular flexibility index (Phi) is 7.38. The molecular formula is C20H16N2O2S4. The molecule has 0 aliphatic rings. The molecule has 0 spiro atoms. The van der Waals surface area contributed by atoms with E-state index in [-0.39, 0.29) is 11.8 Å². The van der Waals surface area contributed by atoms with Gasteiger partial charge in [-0.3, -0.25) is 9.59 Å². The number of para-hydroxylation sites is 2. The number of rotatable bonds is 6. The molecule has 0 aromatic heterocycles. The van der Waals surface area contributed by atoms with Gasteiger partial charge in [-0.1, -0.05) is 65.8 Å². The average molecular weight is 445 g/mol. The fraction of sp³-hybridized carbons (Fsp3) is 0. The van der Waals surface area contributed by atoms with Gasteiger partial charge in [0.2, 0.25) is 0 Å². The van der Waals surface area contributed by atoms with Crippen molar-refractivity contribution >= 4 is 68.5 Å². The van der Waals surface area contributed by atoms with Gasteiger partial charge in [0, 0.05) is 33.1 Å². The Hall–Kier alpha value is -2.00. The largest absolute Gasteiger partial charge is 0.269 e. The molecule has 142 valence electrons. The molecule has 0 N–H and O–H groups in total. The summed E-state index contributed by atoms with van der Waals surface area (Å²) in [6.07, 6.45) is 0. The van der Waals surface area contributed by atoms with E-state index in [1.165, 1.54) is 8.61 Å². The first-order valence-corrected chi connectivity index (χ1v) is 11.8. The normalized spacial score (nSPS) is 10.4. The third-order valence-corrected chi connectivity index (χ3v) is 5.93. The lowest BCUT2D eigenvalue weighted by Gasteiger charge is -2.20. The molecule has 28 heavy (non-hydrogen) atoms. The molecule has 0 saturated carbocycles. The molecule has 2 amide bonds. The quantitative estimate of drug-likeness (QED) is 0.279. The van der Waals surface area contributed by atoms with Crippen molar-refractivity contribution in [1.29, 1.82) is 0 Å². The van der Waals surface area contributed by atoms with Crippen molar-refractivity contribution in [3.63, 3.8) is 0 Å². The van der Waals surface area contributed by atoms with Crippen LogP contribution in [-0.2, 0) is 0 Å². The van der Waals surface area contributed by atoms with Crippen LogP contribution >= 0.6 is 45.3 Å². The van der Waals surface area contributed by atoms with Crippen molar-refractivity contribution < 1.29 is 9.59 Å². The van der Waals surface area contributed by atoms with Gasteiger partial charge in [0.1, 0.15) is 0 Å². The van der Waals surface area contributed by atoms with E-state index >= 15 is 0 Å². The Morgan fingerprint density at radius 1 is 0.607 bits per heavy atom. The number of nitrogens with zero attached hydrogens (tertiary/aromatic N) is 2. The molecule has 0 bridgehead atoms. The van der Waals surface area contributed by atoms with E-state index in [1.54, 1.807) is 24.3 Å². The van der Waals surface area contributed by atoms with Crippen LogP contribution in [0.15, 0.2) is 84.9 Å². The van der Waals surface area contributed by atoms with Crippen LogP contribution in [0.5, 0.6) is 0 Å². The number of amides is 2. The maximum absolute atomic E-state index is 13.0. The Morgan fingerprint density at radius 2 is 1.00 bits per heavy atom. The van der Waals surface area contributed by atoms with Crippen LogP contribution in [0.4, 0.5) is 11.4 Å². The molecule has 0 aliphatic carbocycles. The second-order valence-corrected chi connectivity index (χ2v) is 7.65. The molecule has 4 nitrogen and oxygen atoms in total. The van der Waals surface area contributed by atoms with Gasteiger partial charge in [-0.25, -0.2) is 8.61 Å². The van der Waals surface area contributed by atoms with Gasteiger partial charge in [0.25, 0.3) is 11.8 Å². The first-order valence-electron chi connectivity index (χ1n) is 8.18. The van der Waals surface area contributed by atoms with Crippen LogP contribution in [0.2, 0.25) is 0 Å². The van der Waals surface area contributed by atoms with E-state index in [4.69, 9.17) is 0 Å². The zero-order chi connectivity index (χ0) is 19.9. The zero-order valence-corrected chi connectivity index (χ0v) is 17.9. The molecule has 0 atom stereocenters. The highest BCUT2D eigenvalue weighted by Gasteiger charge is 2.22. The molecule has 3 aromatic carbocycles. The lowest BCUT2D eigenvalue weighted by molar-refractivity contribution is 0.101. The fourth-order valence-corrected chi connectivity index (χ4v) is 4.35. The third-order valence-electron chi connectivity index (χ3n) is 3.87. The fourth-order valence-electron chi connectivity index (χ4n) is 2.55. The summed E-state index contributed by atoms with van der Waals surface area (Å²) in [5, 5.41) is 0. The highest BCUT2D eigenvalue weighted by molar-refractivity contribution is 8.69. The molecule has 0 radical (unpaired) electrons. The van der Waals surface area contributed by atoms with E-state index in [9.17, 15) is 9.59 Å². The number of carbonyl (C=O) groups is 2. The zero-order valence-electron chi connectivity index (χ0n) is 14.5. The molecular weight excluding hydrogens is 429 g/mol. The third kappa shape index (κ3) is 4.70. The van der Waals surface area contributed by atoms with Crippen LogP contribution in [0.1, 0.15) is 20.7 Å². The van der Waals surface area contributed by atoms with Crippen LogP contribution in [0.3, 0.4) is 0 Å². The van der Waals surface area contributed by atoms with Crippen LogP contribution < -0.4 is 8.61 Å². The summed E-state index contributed by atoms with van der Waals surface area (Å²) < 4.78 is 2.93. The first-order chi connectivity index (χ1) is 13.7. The molecule has 0 heterocycles. The molecule has 8 heteroatoms. The van der Waals surface area contributed by atoms with Crippen molar-refractivity contribution in [1.82, 2.24) is 0 Å². The number of carbonyl (C=O) groups excluding carboxylic acids is 2. The van der Waals surface area contributed by atoms with Gasteiger partial charge in [-0.15, -0.1) is 0 Å². The van der Waals surface area contributed by atoms with Crippen LogP contribution in [0.25, 0.3) is 0 Å². The van der Waals surface area contributed by atoms with Crippen molar-refractivity contribution in [2.24, 2.45) is 0 Å². The minimum absolute atomic E-state index is 0.259. The minimum Gasteiger partial charge on any atom is -0.268 e. The summed E-state index contributed by atoms with van der Waals surface area (Å²) in [4.78, 5) is 25.9. The molecule has 0 aliphatic heterocycles. The summed E-state index contributed by atoms with van der Waals surface area (Å²) in [6.45, 7) is 0. The van der Waals surface area contributed by atoms with E-state index in [2.05, 4.69) is 23.3 Å². The van der Waals surface area contributed by atoms with Crippen molar-refractivity contribution in [3.8, 4) is 0 Å². The molecule has 3 rings (SSSR count). The van der Waals surface area contributed by atoms with Gasteiger partial charge >= 0.3 is 0 Å². The minimum atomic E-state index is -0.259. The molecule has 0 saturated heterocycles. The second kappa shape index (κ2) is 9.97. The number of hydrogen-bond donors (Lipinski definition) is 2.